The molecule has 1 fully saturated rings. The van der Waals surface area contributed by atoms with Crippen molar-refractivity contribution in [1.82, 2.24) is 5.32 Å². The van der Waals surface area contributed by atoms with Crippen LogP contribution in [0.25, 0.3) is 0 Å². The first kappa shape index (κ1) is 14.0. The molecule has 0 heterocycles. The first-order chi connectivity index (χ1) is 7.97. The molecule has 0 spiro atoms. The Balaban J connectivity index is 2.61. The number of nitrogens with one attached hydrogen (secondary N) is 1. The van der Waals surface area contributed by atoms with E-state index < -0.39 is 12.0 Å². The van der Waals surface area contributed by atoms with Gasteiger partial charge in [0.1, 0.15) is 6.04 Å². The van der Waals surface area contributed by atoms with Crippen LogP contribution in [0.15, 0.2) is 0 Å². The molecule has 0 aromatic rings. The normalized spacial score (nSPS) is 27.5. The lowest BCUT2D eigenvalue weighted by molar-refractivity contribution is -0.144. The molecule has 1 saturated carbocycles. The maximum atomic E-state index is 11.9. The molecule has 98 valence electrons. The van der Waals surface area contributed by atoms with Gasteiger partial charge in [-0.3, -0.25) is 4.79 Å². The van der Waals surface area contributed by atoms with Gasteiger partial charge in [0.15, 0.2) is 0 Å². The highest BCUT2D eigenvalue weighted by atomic mass is 16.4. The van der Waals surface area contributed by atoms with Crippen LogP contribution >= 0.6 is 0 Å². The van der Waals surface area contributed by atoms with Crippen molar-refractivity contribution in [3.05, 3.63) is 0 Å². The molecule has 0 aromatic carbocycles. The predicted octanol–water partition coefficient (Wildman–Crippen LogP) is 0.729. The molecule has 4 atom stereocenters. The Morgan fingerprint density at radius 1 is 1.47 bits per heavy atom. The fourth-order valence-corrected chi connectivity index (χ4v) is 2.26. The standard InChI is InChI=1S/C12H22N2O3/c1-3-7(2)10(12(16)17)14-11(15)8-5-4-6-9(8)13/h7-10H,3-6,13H2,1-2H3,(H,14,15)(H,16,17)/t7-,8?,9?,10-/m0/s1. The molecule has 1 aliphatic rings. The van der Waals surface area contributed by atoms with Crippen LogP contribution in [0.3, 0.4) is 0 Å². The number of aliphatic carboxylic acids is 1. The molecule has 5 heteroatoms. The first-order valence-electron chi connectivity index (χ1n) is 6.26. The van der Waals surface area contributed by atoms with E-state index >= 15 is 0 Å². The minimum atomic E-state index is -0.973. The lowest BCUT2D eigenvalue weighted by atomic mass is 9.97. The highest BCUT2D eigenvalue weighted by Gasteiger charge is 2.33. The van der Waals surface area contributed by atoms with Gasteiger partial charge in [0.2, 0.25) is 5.91 Å². The summed E-state index contributed by atoms with van der Waals surface area (Å²) in [5.74, 6) is -1.48. The number of amides is 1. The summed E-state index contributed by atoms with van der Waals surface area (Å²) in [6.07, 6.45) is 3.27. The Morgan fingerprint density at radius 3 is 2.53 bits per heavy atom. The molecule has 1 amide bonds. The van der Waals surface area contributed by atoms with E-state index in [0.717, 1.165) is 19.3 Å². The van der Waals surface area contributed by atoms with E-state index in [1.165, 1.54) is 0 Å². The maximum absolute atomic E-state index is 11.9. The zero-order chi connectivity index (χ0) is 13.0. The van der Waals surface area contributed by atoms with Gasteiger partial charge in [-0.1, -0.05) is 26.7 Å². The van der Waals surface area contributed by atoms with Crippen molar-refractivity contribution >= 4 is 11.9 Å². The summed E-state index contributed by atoms with van der Waals surface area (Å²) in [6.45, 7) is 3.74. The molecule has 17 heavy (non-hydrogen) atoms. The number of hydrogen-bond acceptors (Lipinski definition) is 3. The Hall–Kier alpha value is -1.10. The van der Waals surface area contributed by atoms with E-state index in [1.807, 2.05) is 13.8 Å². The van der Waals surface area contributed by atoms with Crippen molar-refractivity contribution in [3.63, 3.8) is 0 Å². The molecule has 0 aliphatic heterocycles. The largest absolute Gasteiger partial charge is 0.480 e. The van der Waals surface area contributed by atoms with Gasteiger partial charge in [0, 0.05) is 6.04 Å². The number of carbonyl (C=O) groups excluding carboxylic acids is 1. The monoisotopic (exact) mass is 242 g/mol. The van der Waals surface area contributed by atoms with Gasteiger partial charge >= 0.3 is 5.97 Å². The molecule has 1 rings (SSSR count). The van der Waals surface area contributed by atoms with Gasteiger partial charge in [-0.05, 0) is 18.8 Å². The topological polar surface area (TPSA) is 92.4 Å². The highest BCUT2D eigenvalue weighted by Crippen LogP contribution is 2.24. The second kappa shape index (κ2) is 6.00. The molecule has 5 nitrogen and oxygen atoms in total. The molecule has 0 radical (unpaired) electrons. The van der Waals surface area contributed by atoms with Crippen LogP contribution in [0.4, 0.5) is 0 Å². The van der Waals surface area contributed by atoms with E-state index in [1.54, 1.807) is 0 Å². The van der Waals surface area contributed by atoms with Crippen molar-refractivity contribution in [2.24, 2.45) is 17.6 Å². The van der Waals surface area contributed by atoms with Gasteiger partial charge in [0.25, 0.3) is 0 Å². The van der Waals surface area contributed by atoms with E-state index in [2.05, 4.69) is 5.32 Å². The van der Waals surface area contributed by atoms with E-state index in [-0.39, 0.29) is 23.8 Å². The number of carboxylic acids is 1. The summed E-state index contributed by atoms with van der Waals surface area (Å²) in [7, 11) is 0. The minimum Gasteiger partial charge on any atom is -0.480 e. The summed E-state index contributed by atoms with van der Waals surface area (Å²) in [4.78, 5) is 23.0. The van der Waals surface area contributed by atoms with E-state index in [9.17, 15) is 9.59 Å². The van der Waals surface area contributed by atoms with Crippen molar-refractivity contribution in [2.45, 2.75) is 51.6 Å². The van der Waals surface area contributed by atoms with Gasteiger partial charge in [-0.2, -0.15) is 0 Å². The summed E-state index contributed by atoms with van der Waals surface area (Å²) in [6, 6.07) is -0.929. The molecular weight excluding hydrogens is 220 g/mol. The number of carboxylic acid groups (broad SMARTS) is 1. The van der Waals surface area contributed by atoms with Crippen LogP contribution < -0.4 is 11.1 Å². The average Bonchev–Trinajstić information content (AvgIpc) is 2.70. The van der Waals surface area contributed by atoms with Crippen molar-refractivity contribution in [1.29, 1.82) is 0 Å². The van der Waals surface area contributed by atoms with Crippen LogP contribution in [0.2, 0.25) is 0 Å². The fourth-order valence-electron chi connectivity index (χ4n) is 2.26. The van der Waals surface area contributed by atoms with E-state index in [4.69, 9.17) is 10.8 Å². The zero-order valence-corrected chi connectivity index (χ0v) is 10.5. The molecule has 4 N–H and O–H groups in total. The summed E-state index contributed by atoms with van der Waals surface area (Å²) in [5.41, 5.74) is 5.83. The third-order valence-electron chi connectivity index (χ3n) is 3.68. The predicted molar refractivity (Wildman–Crippen MR) is 64.3 cm³/mol. The Bertz CT molecular complexity index is 293. The lowest BCUT2D eigenvalue weighted by Gasteiger charge is -2.23. The summed E-state index contributed by atoms with van der Waals surface area (Å²) >= 11 is 0. The second-order valence-corrected chi connectivity index (χ2v) is 4.91. The second-order valence-electron chi connectivity index (χ2n) is 4.91. The van der Waals surface area contributed by atoms with Gasteiger partial charge < -0.3 is 16.2 Å². The van der Waals surface area contributed by atoms with Crippen molar-refractivity contribution in [2.75, 3.05) is 0 Å². The van der Waals surface area contributed by atoms with Gasteiger partial charge in [-0.15, -0.1) is 0 Å². The molecule has 0 aromatic heterocycles. The molecule has 0 saturated heterocycles. The third-order valence-corrected chi connectivity index (χ3v) is 3.68. The number of carbonyl (C=O) groups is 2. The Kier molecular flexibility index (Phi) is 4.93. The van der Waals surface area contributed by atoms with Crippen LogP contribution in [-0.4, -0.2) is 29.1 Å². The van der Waals surface area contributed by atoms with Gasteiger partial charge in [0.05, 0.1) is 5.92 Å². The first-order valence-corrected chi connectivity index (χ1v) is 6.26. The molecule has 1 aliphatic carbocycles. The number of rotatable bonds is 5. The third kappa shape index (κ3) is 3.43. The quantitative estimate of drug-likeness (QED) is 0.662. The van der Waals surface area contributed by atoms with Crippen molar-refractivity contribution < 1.29 is 14.7 Å². The number of hydrogen-bond donors (Lipinski definition) is 3. The molecular formula is C12H22N2O3. The van der Waals surface area contributed by atoms with Crippen LogP contribution in [0, 0.1) is 11.8 Å². The Morgan fingerprint density at radius 2 is 2.12 bits per heavy atom. The lowest BCUT2D eigenvalue weighted by Crippen LogP contribution is -2.49. The fraction of sp³-hybridized carbons (Fsp3) is 0.833. The number of nitrogens with two attached hydrogens (primary N) is 1. The SMILES string of the molecule is CC[C@H](C)[C@H](NC(=O)C1CCCC1N)C(=O)O. The van der Waals surface area contributed by atoms with Crippen LogP contribution in [0.1, 0.15) is 39.5 Å². The molecule has 0 bridgehead atoms. The zero-order valence-electron chi connectivity index (χ0n) is 10.5. The maximum Gasteiger partial charge on any atom is 0.326 e. The van der Waals surface area contributed by atoms with E-state index in [0.29, 0.717) is 6.42 Å². The van der Waals surface area contributed by atoms with Crippen molar-refractivity contribution in [3.8, 4) is 0 Å². The smallest absolute Gasteiger partial charge is 0.326 e. The highest BCUT2D eigenvalue weighted by molar-refractivity contribution is 5.85. The minimum absolute atomic E-state index is 0.0749. The summed E-state index contributed by atoms with van der Waals surface area (Å²) in [5, 5.41) is 11.7. The van der Waals surface area contributed by atoms with Crippen LogP contribution in [0.5, 0.6) is 0 Å². The average molecular weight is 242 g/mol. The Labute approximate surface area is 102 Å². The molecule has 2 unspecified atom stereocenters. The summed E-state index contributed by atoms with van der Waals surface area (Å²) < 4.78 is 0. The van der Waals surface area contributed by atoms with Crippen LogP contribution in [-0.2, 0) is 9.59 Å². The van der Waals surface area contributed by atoms with Gasteiger partial charge in [-0.25, -0.2) is 4.79 Å².